The van der Waals surface area contributed by atoms with Crippen LogP contribution in [0.2, 0.25) is 0 Å². The molecule has 1 aromatic carbocycles. The number of carbonyl (C=O) groups excluding carboxylic acids is 2. The molecule has 0 saturated carbocycles. The lowest BCUT2D eigenvalue weighted by Crippen LogP contribution is -2.60. The molecule has 32 heavy (non-hydrogen) atoms. The number of aromatic nitrogens is 2. The Balaban J connectivity index is 2.08. The minimum Gasteiger partial charge on any atom is -0.270 e. The summed E-state index contributed by atoms with van der Waals surface area (Å²) >= 11 is 0. The van der Waals surface area contributed by atoms with Crippen LogP contribution in [0.5, 0.6) is 0 Å². The largest absolute Gasteiger partial charge is 0.331 e. The lowest BCUT2D eigenvalue weighted by molar-refractivity contribution is -0.126. The number of nitrogens with one attached hydrogen (secondary N) is 1. The lowest BCUT2D eigenvalue weighted by atomic mass is 10.3. The first-order valence-corrected chi connectivity index (χ1v) is 11.4. The molecule has 1 fully saturated rings. The SMILES string of the molecule is [C-]#[N+]c1c(C)nn(-c2ccccc2)c1NN=C1C(=O)N(CCC)S(=O)(=O)N(CCC)C1=O. The van der Waals surface area contributed by atoms with E-state index in [4.69, 9.17) is 6.57 Å². The molecule has 0 atom stereocenters. The van der Waals surface area contributed by atoms with Crippen molar-refractivity contribution in [2.75, 3.05) is 18.5 Å². The maximum Gasteiger partial charge on any atom is 0.331 e. The predicted octanol–water partition coefficient (Wildman–Crippen LogP) is 2.24. The molecule has 3 rings (SSSR count). The van der Waals surface area contributed by atoms with E-state index >= 15 is 0 Å². The Hall–Kier alpha value is -3.72. The molecule has 0 unspecified atom stereocenters. The molecule has 1 aliphatic rings. The van der Waals surface area contributed by atoms with E-state index in [0.717, 1.165) is 0 Å². The van der Waals surface area contributed by atoms with Crippen molar-refractivity contribution in [2.24, 2.45) is 5.10 Å². The molecule has 11 nitrogen and oxygen atoms in total. The number of hydrazone groups is 1. The first kappa shape index (κ1) is 23.0. The van der Waals surface area contributed by atoms with Crippen LogP contribution in [0.1, 0.15) is 32.4 Å². The van der Waals surface area contributed by atoms with Gasteiger partial charge < -0.3 is 0 Å². The number of hydrogen-bond acceptors (Lipinski definition) is 7. The van der Waals surface area contributed by atoms with Gasteiger partial charge in [0.05, 0.1) is 18.0 Å². The molecule has 0 aliphatic carbocycles. The summed E-state index contributed by atoms with van der Waals surface area (Å²) in [4.78, 5) is 29.2. The van der Waals surface area contributed by atoms with Crippen molar-refractivity contribution in [1.82, 2.24) is 18.4 Å². The molecule has 1 aromatic heterocycles. The van der Waals surface area contributed by atoms with Gasteiger partial charge in [-0.2, -0.15) is 18.6 Å². The monoisotopic (exact) mass is 457 g/mol. The first-order chi connectivity index (χ1) is 15.3. The Morgan fingerprint density at radius 1 is 1.06 bits per heavy atom. The number of carbonyl (C=O) groups is 2. The van der Waals surface area contributed by atoms with E-state index in [2.05, 4.69) is 20.5 Å². The summed E-state index contributed by atoms with van der Waals surface area (Å²) in [6.07, 6.45) is 0.753. The molecule has 0 spiro atoms. The molecular weight excluding hydrogens is 434 g/mol. The van der Waals surface area contributed by atoms with Gasteiger partial charge in [-0.15, -0.1) is 0 Å². The van der Waals surface area contributed by atoms with Crippen LogP contribution in [-0.2, 0) is 19.8 Å². The number of benzene rings is 1. The second kappa shape index (κ2) is 9.19. The summed E-state index contributed by atoms with van der Waals surface area (Å²) in [6.45, 7) is 12.4. The highest BCUT2D eigenvalue weighted by Gasteiger charge is 2.47. The molecule has 168 valence electrons. The zero-order valence-corrected chi connectivity index (χ0v) is 18.8. The van der Waals surface area contributed by atoms with Crippen molar-refractivity contribution in [3.8, 4) is 5.69 Å². The normalized spacial score (nSPS) is 15.6. The van der Waals surface area contributed by atoms with Crippen LogP contribution < -0.4 is 5.43 Å². The topological polar surface area (TPSA) is 121 Å². The Labute approximate surface area is 186 Å². The van der Waals surface area contributed by atoms with E-state index in [9.17, 15) is 18.0 Å². The Bertz CT molecular complexity index is 1180. The third kappa shape index (κ3) is 3.94. The van der Waals surface area contributed by atoms with Gasteiger partial charge in [-0.25, -0.2) is 18.1 Å². The molecule has 0 bridgehead atoms. The van der Waals surface area contributed by atoms with Gasteiger partial charge in [0.15, 0.2) is 5.82 Å². The zero-order chi connectivity index (χ0) is 23.5. The van der Waals surface area contributed by atoms with E-state index in [0.29, 0.717) is 32.8 Å². The van der Waals surface area contributed by atoms with Crippen LogP contribution in [0.3, 0.4) is 0 Å². The standard InChI is InChI=1S/C20H23N7O4S/c1-5-12-25-19(28)17(20(29)26(13-6-2)32(25,30)31)22-23-18-16(21-4)14(3)24-27(18)15-10-8-7-9-11-15/h7-11,23H,5-6,12-13H2,1-3H3. The van der Waals surface area contributed by atoms with Gasteiger partial charge in [-0.1, -0.05) is 32.0 Å². The van der Waals surface area contributed by atoms with Crippen LogP contribution in [0.15, 0.2) is 35.4 Å². The van der Waals surface area contributed by atoms with Crippen molar-refractivity contribution in [3.63, 3.8) is 0 Å². The van der Waals surface area contributed by atoms with Crippen molar-refractivity contribution >= 4 is 39.2 Å². The van der Waals surface area contributed by atoms with Crippen LogP contribution >= 0.6 is 0 Å². The number of amides is 2. The second-order valence-corrected chi connectivity index (χ2v) is 8.75. The van der Waals surface area contributed by atoms with Gasteiger partial charge in [-0.05, 0) is 31.9 Å². The van der Waals surface area contributed by atoms with Crippen LogP contribution in [-0.4, -0.2) is 57.4 Å². The summed E-state index contributed by atoms with van der Waals surface area (Å²) in [6, 6.07) is 8.96. The highest BCUT2D eigenvalue weighted by molar-refractivity contribution is 7.88. The lowest BCUT2D eigenvalue weighted by Gasteiger charge is -2.34. The summed E-state index contributed by atoms with van der Waals surface area (Å²) in [5, 5.41) is 8.32. The van der Waals surface area contributed by atoms with Gasteiger partial charge in [0.25, 0.3) is 17.5 Å². The number of hydrogen-bond donors (Lipinski definition) is 1. The molecule has 2 heterocycles. The van der Waals surface area contributed by atoms with E-state index in [1.54, 1.807) is 45.0 Å². The van der Waals surface area contributed by atoms with Gasteiger partial charge in [0, 0.05) is 13.1 Å². The van der Waals surface area contributed by atoms with Gasteiger partial charge in [0.2, 0.25) is 5.71 Å². The minimum atomic E-state index is -4.27. The second-order valence-electron chi connectivity index (χ2n) is 6.98. The van der Waals surface area contributed by atoms with Crippen molar-refractivity contribution in [2.45, 2.75) is 33.6 Å². The fraction of sp³-hybridized carbons (Fsp3) is 0.350. The summed E-state index contributed by atoms with van der Waals surface area (Å²) in [5.74, 6) is -1.86. The molecular formula is C20H23N7O4S. The van der Waals surface area contributed by atoms with E-state index in [-0.39, 0.29) is 24.6 Å². The number of para-hydroxylation sites is 1. The molecule has 2 amide bonds. The highest BCUT2D eigenvalue weighted by Crippen LogP contribution is 2.31. The Kier molecular flexibility index (Phi) is 6.59. The third-order valence-corrected chi connectivity index (χ3v) is 6.49. The minimum absolute atomic E-state index is 0.0813. The molecule has 1 aliphatic heterocycles. The first-order valence-electron chi connectivity index (χ1n) is 10.0. The smallest absolute Gasteiger partial charge is 0.270 e. The van der Waals surface area contributed by atoms with Gasteiger partial charge in [-0.3, -0.25) is 15.0 Å². The Morgan fingerprint density at radius 3 is 2.12 bits per heavy atom. The van der Waals surface area contributed by atoms with Crippen LogP contribution in [0.4, 0.5) is 11.5 Å². The maximum atomic E-state index is 12.9. The maximum absolute atomic E-state index is 12.9. The molecule has 0 radical (unpaired) electrons. The van der Waals surface area contributed by atoms with E-state index < -0.39 is 27.7 Å². The van der Waals surface area contributed by atoms with Crippen molar-refractivity contribution in [3.05, 3.63) is 47.4 Å². The molecule has 1 N–H and O–H groups in total. The van der Waals surface area contributed by atoms with E-state index in [1.807, 2.05) is 6.07 Å². The average Bonchev–Trinajstić information content (AvgIpc) is 3.10. The van der Waals surface area contributed by atoms with Crippen molar-refractivity contribution < 1.29 is 18.0 Å². The van der Waals surface area contributed by atoms with Crippen molar-refractivity contribution in [1.29, 1.82) is 0 Å². The number of rotatable bonds is 7. The van der Waals surface area contributed by atoms with E-state index in [1.165, 1.54) is 4.68 Å². The zero-order valence-electron chi connectivity index (χ0n) is 17.9. The highest BCUT2D eigenvalue weighted by atomic mass is 32.2. The quantitative estimate of drug-likeness (QED) is 0.503. The number of nitrogens with zero attached hydrogens (tertiary/aromatic N) is 6. The van der Waals surface area contributed by atoms with Gasteiger partial charge >= 0.3 is 10.2 Å². The molecule has 2 aromatic rings. The van der Waals surface area contributed by atoms with Crippen LogP contribution in [0, 0.1) is 13.5 Å². The fourth-order valence-corrected chi connectivity index (χ4v) is 4.87. The molecule has 1 saturated heterocycles. The fourth-order valence-electron chi connectivity index (χ4n) is 3.21. The summed E-state index contributed by atoms with van der Waals surface area (Å²) in [5.41, 5.74) is 3.27. The number of aryl methyl sites for hydroxylation is 1. The average molecular weight is 458 g/mol. The third-order valence-electron chi connectivity index (χ3n) is 4.68. The summed E-state index contributed by atoms with van der Waals surface area (Å²) < 4.78 is 28.3. The predicted molar refractivity (Wildman–Crippen MR) is 119 cm³/mol. The summed E-state index contributed by atoms with van der Waals surface area (Å²) in [7, 11) is -4.27. The van der Waals surface area contributed by atoms with Gasteiger partial charge in [0.1, 0.15) is 0 Å². The Morgan fingerprint density at radius 2 is 1.62 bits per heavy atom. The van der Waals surface area contributed by atoms with Crippen LogP contribution in [0.25, 0.3) is 10.5 Å². The number of anilines is 1. The molecule has 12 heteroatoms.